The first-order valence-corrected chi connectivity index (χ1v) is 9.38. The molecule has 0 radical (unpaired) electrons. The summed E-state index contributed by atoms with van der Waals surface area (Å²) in [6.45, 7) is 4.23. The summed E-state index contributed by atoms with van der Waals surface area (Å²) in [4.78, 5) is 23.5. The van der Waals surface area contributed by atoms with Crippen LogP contribution in [0.2, 0.25) is 0 Å². The monoisotopic (exact) mass is 356 g/mol. The Balaban J connectivity index is 1.36. The summed E-state index contributed by atoms with van der Waals surface area (Å²) in [5, 5.41) is 4.05. The molecule has 4 heterocycles. The molecule has 2 aromatic rings. The summed E-state index contributed by atoms with van der Waals surface area (Å²) in [5.74, 6) is 1.60. The topological polar surface area (TPSA) is 81.4 Å². The second-order valence-corrected chi connectivity index (χ2v) is 7.10. The van der Waals surface area contributed by atoms with Crippen LogP contribution in [0, 0.1) is 5.92 Å². The largest absolute Gasteiger partial charge is 0.378 e. The van der Waals surface area contributed by atoms with Gasteiger partial charge in [-0.05, 0) is 44.7 Å². The Labute approximate surface area is 152 Å². The maximum Gasteiger partial charge on any atom is 0.230 e. The minimum Gasteiger partial charge on any atom is -0.378 e. The first-order chi connectivity index (χ1) is 12.7. The fourth-order valence-corrected chi connectivity index (χ4v) is 3.83. The van der Waals surface area contributed by atoms with Gasteiger partial charge in [-0.2, -0.15) is 4.98 Å². The molecule has 7 heteroatoms. The van der Waals surface area contributed by atoms with E-state index in [0.717, 1.165) is 45.4 Å². The number of carbonyl (C=O) groups is 1. The predicted octanol–water partition coefficient (Wildman–Crippen LogP) is 2.65. The standard InChI is InChI=1S/C19H24N4O3/c1-13-15(5-4-12-25-13)19(24)23-10-7-14(8-11-23)18-21-17(22-26-18)16-6-2-3-9-20-16/h2-3,6,9,13-15H,4-5,7-8,10-12H2,1H3. The van der Waals surface area contributed by atoms with Crippen molar-refractivity contribution in [1.29, 1.82) is 0 Å². The van der Waals surface area contributed by atoms with Crippen LogP contribution in [0.4, 0.5) is 0 Å². The first kappa shape index (κ1) is 17.1. The van der Waals surface area contributed by atoms with Crippen LogP contribution in [0.3, 0.4) is 0 Å². The quantitative estimate of drug-likeness (QED) is 0.841. The zero-order chi connectivity index (χ0) is 17.9. The molecule has 2 aromatic heterocycles. The van der Waals surface area contributed by atoms with E-state index in [1.165, 1.54) is 0 Å². The van der Waals surface area contributed by atoms with Gasteiger partial charge in [-0.15, -0.1) is 0 Å². The number of nitrogens with zero attached hydrogens (tertiary/aromatic N) is 4. The van der Waals surface area contributed by atoms with Crippen molar-refractivity contribution in [1.82, 2.24) is 20.0 Å². The molecule has 2 aliphatic rings. The van der Waals surface area contributed by atoms with E-state index in [9.17, 15) is 4.79 Å². The van der Waals surface area contributed by atoms with Crippen LogP contribution < -0.4 is 0 Å². The number of rotatable bonds is 3. The molecule has 0 N–H and O–H groups in total. The summed E-state index contributed by atoms with van der Waals surface area (Å²) in [5.41, 5.74) is 0.710. The van der Waals surface area contributed by atoms with Crippen molar-refractivity contribution in [2.45, 2.75) is 44.6 Å². The molecular formula is C19H24N4O3. The van der Waals surface area contributed by atoms with Gasteiger partial charge in [0.25, 0.3) is 0 Å². The van der Waals surface area contributed by atoms with Gasteiger partial charge in [-0.25, -0.2) is 0 Å². The molecule has 0 bridgehead atoms. The number of amides is 1. The number of ether oxygens (including phenoxy) is 1. The highest BCUT2D eigenvalue weighted by molar-refractivity contribution is 5.79. The van der Waals surface area contributed by atoms with Crippen LogP contribution in [-0.4, -0.2) is 51.7 Å². The van der Waals surface area contributed by atoms with E-state index < -0.39 is 0 Å². The van der Waals surface area contributed by atoms with Crippen molar-refractivity contribution >= 4 is 5.91 Å². The van der Waals surface area contributed by atoms with Gasteiger partial charge in [0.1, 0.15) is 5.69 Å². The second-order valence-electron chi connectivity index (χ2n) is 7.10. The summed E-state index contributed by atoms with van der Waals surface area (Å²) in [6, 6.07) is 5.62. The lowest BCUT2D eigenvalue weighted by atomic mass is 9.91. The molecule has 2 unspecified atom stereocenters. The minimum atomic E-state index is -0.000498. The predicted molar refractivity (Wildman–Crippen MR) is 94.2 cm³/mol. The average Bonchev–Trinajstić information content (AvgIpc) is 3.19. The fraction of sp³-hybridized carbons (Fsp3) is 0.579. The number of hydrogen-bond donors (Lipinski definition) is 0. The number of aromatic nitrogens is 3. The molecule has 2 atom stereocenters. The molecule has 0 aromatic carbocycles. The van der Waals surface area contributed by atoms with Crippen molar-refractivity contribution in [3.63, 3.8) is 0 Å². The van der Waals surface area contributed by atoms with Crippen LogP contribution in [-0.2, 0) is 9.53 Å². The normalized spacial score (nSPS) is 24.6. The summed E-state index contributed by atoms with van der Waals surface area (Å²) < 4.78 is 11.1. The van der Waals surface area contributed by atoms with Crippen LogP contribution in [0.1, 0.15) is 44.4 Å². The van der Waals surface area contributed by atoms with Crippen molar-refractivity contribution < 1.29 is 14.1 Å². The van der Waals surface area contributed by atoms with Crippen LogP contribution in [0.25, 0.3) is 11.5 Å². The Morgan fingerprint density at radius 3 is 2.81 bits per heavy atom. The summed E-state index contributed by atoms with van der Waals surface area (Å²) >= 11 is 0. The lowest BCUT2D eigenvalue weighted by molar-refractivity contribution is -0.145. The highest BCUT2D eigenvalue weighted by Crippen LogP contribution is 2.30. The third kappa shape index (κ3) is 3.49. The van der Waals surface area contributed by atoms with Crippen molar-refractivity contribution in [3.05, 3.63) is 30.3 Å². The van der Waals surface area contributed by atoms with Gasteiger partial charge in [0.15, 0.2) is 0 Å². The van der Waals surface area contributed by atoms with E-state index >= 15 is 0 Å². The van der Waals surface area contributed by atoms with Crippen LogP contribution in [0.15, 0.2) is 28.9 Å². The van der Waals surface area contributed by atoms with Crippen molar-refractivity contribution in [2.24, 2.45) is 5.92 Å². The Morgan fingerprint density at radius 1 is 1.23 bits per heavy atom. The lowest BCUT2D eigenvalue weighted by Gasteiger charge is -2.36. The Hall–Kier alpha value is -2.28. The van der Waals surface area contributed by atoms with E-state index in [-0.39, 0.29) is 23.8 Å². The molecule has 26 heavy (non-hydrogen) atoms. The maximum atomic E-state index is 12.8. The van der Waals surface area contributed by atoms with Gasteiger partial charge in [-0.1, -0.05) is 11.2 Å². The van der Waals surface area contributed by atoms with E-state index in [1.807, 2.05) is 30.0 Å². The number of pyridine rings is 1. The van der Waals surface area contributed by atoms with Gasteiger partial charge in [-0.3, -0.25) is 9.78 Å². The lowest BCUT2D eigenvalue weighted by Crippen LogP contribution is -2.46. The molecule has 2 saturated heterocycles. The number of carbonyl (C=O) groups excluding carboxylic acids is 1. The molecule has 2 fully saturated rings. The highest BCUT2D eigenvalue weighted by Gasteiger charge is 2.34. The molecule has 0 aliphatic carbocycles. The van der Waals surface area contributed by atoms with Crippen molar-refractivity contribution in [3.8, 4) is 11.5 Å². The smallest absolute Gasteiger partial charge is 0.230 e. The Bertz CT molecular complexity index is 740. The van der Waals surface area contributed by atoms with Gasteiger partial charge >= 0.3 is 0 Å². The van der Waals surface area contributed by atoms with Gasteiger partial charge in [0.2, 0.25) is 17.6 Å². The molecule has 4 rings (SSSR count). The molecule has 1 amide bonds. The molecule has 0 spiro atoms. The summed E-state index contributed by atoms with van der Waals surface area (Å²) in [6.07, 6.45) is 5.32. The zero-order valence-electron chi connectivity index (χ0n) is 15.0. The zero-order valence-corrected chi connectivity index (χ0v) is 15.0. The third-order valence-electron chi connectivity index (χ3n) is 5.42. The first-order valence-electron chi connectivity index (χ1n) is 9.38. The SMILES string of the molecule is CC1OCCCC1C(=O)N1CCC(c2nc(-c3ccccn3)no2)CC1. The van der Waals surface area contributed by atoms with E-state index in [4.69, 9.17) is 9.26 Å². The van der Waals surface area contributed by atoms with Crippen LogP contribution >= 0.6 is 0 Å². The van der Waals surface area contributed by atoms with E-state index in [0.29, 0.717) is 17.4 Å². The average molecular weight is 356 g/mol. The number of likely N-dealkylation sites (tertiary alicyclic amines) is 1. The fourth-order valence-electron chi connectivity index (χ4n) is 3.83. The molecule has 2 aliphatic heterocycles. The minimum absolute atomic E-state index is 0.000498. The highest BCUT2D eigenvalue weighted by atomic mass is 16.5. The van der Waals surface area contributed by atoms with Gasteiger partial charge in [0.05, 0.1) is 12.0 Å². The summed E-state index contributed by atoms with van der Waals surface area (Å²) in [7, 11) is 0. The van der Waals surface area contributed by atoms with E-state index in [1.54, 1.807) is 6.20 Å². The number of piperidine rings is 1. The van der Waals surface area contributed by atoms with Crippen molar-refractivity contribution in [2.75, 3.05) is 19.7 Å². The molecule has 138 valence electrons. The maximum absolute atomic E-state index is 12.8. The Morgan fingerprint density at radius 2 is 2.08 bits per heavy atom. The molecular weight excluding hydrogens is 332 g/mol. The van der Waals surface area contributed by atoms with Gasteiger partial charge < -0.3 is 14.2 Å². The number of hydrogen-bond acceptors (Lipinski definition) is 6. The molecule has 0 saturated carbocycles. The van der Waals surface area contributed by atoms with Gasteiger partial charge in [0, 0.05) is 31.8 Å². The third-order valence-corrected chi connectivity index (χ3v) is 5.42. The molecule has 7 nitrogen and oxygen atoms in total. The van der Waals surface area contributed by atoms with E-state index in [2.05, 4.69) is 15.1 Å². The Kier molecular flexibility index (Phi) is 4.97. The van der Waals surface area contributed by atoms with Crippen LogP contribution in [0.5, 0.6) is 0 Å². The second kappa shape index (κ2) is 7.53.